The maximum absolute atomic E-state index is 5.68. The summed E-state index contributed by atoms with van der Waals surface area (Å²) in [5.41, 5.74) is 5.60. The molecule has 3 heterocycles. The number of fused-ring (bicyclic) bond motifs is 4. The van der Waals surface area contributed by atoms with Gasteiger partial charge in [-0.15, -0.1) is 0 Å². The van der Waals surface area contributed by atoms with E-state index in [1.165, 1.54) is 41.6 Å². The van der Waals surface area contributed by atoms with Crippen LogP contribution < -0.4 is 24.3 Å². The number of methoxy groups -OCH3 is 4. The Morgan fingerprint density at radius 3 is 2.03 bits per heavy atom. The summed E-state index contributed by atoms with van der Waals surface area (Å²) >= 11 is 0. The molecule has 0 amide bonds. The highest BCUT2D eigenvalue weighted by Gasteiger charge is 2.40. The maximum atomic E-state index is 5.68. The van der Waals surface area contributed by atoms with Gasteiger partial charge in [-0.05, 0) is 90.6 Å². The molecule has 1 saturated heterocycles. The lowest BCUT2D eigenvalue weighted by Gasteiger charge is -2.48. The first kappa shape index (κ1) is 24.3. The van der Waals surface area contributed by atoms with Crippen LogP contribution in [0.2, 0.25) is 0 Å². The minimum atomic E-state index is 0.345. The van der Waals surface area contributed by atoms with Crippen molar-refractivity contribution in [3.8, 4) is 23.0 Å². The Morgan fingerprint density at radius 1 is 0.800 bits per heavy atom. The van der Waals surface area contributed by atoms with Crippen molar-refractivity contribution in [2.45, 2.75) is 51.1 Å². The Hall–Kier alpha value is -2.44. The molecule has 2 aromatic rings. The predicted molar refractivity (Wildman–Crippen MR) is 138 cm³/mol. The van der Waals surface area contributed by atoms with E-state index in [2.05, 4.69) is 41.4 Å². The normalized spacial score (nSPS) is 25.7. The number of piperidine rings is 1. The van der Waals surface area contributed by atoms with Crippen LogP contribution in [-0.2, 0) is 12.8 Å². The third kappa shape index (κ3) is 4.47. The molecule has 1 fully saturated rings. The van der Waals surface area contributed by atoms with Gasteiger partial charge in [0.2, 0.25) is 0 Å². The van der Waals surface area contributed by atoms with E-state index < -0.39 is 0 Å². The first-order chi connectivity index (χ1) is 17.1. The summed E-state index contributed by atoms with van der Waals surface area (Å²) in [6, 6.07) is 9.61. The lowest BCUT2D eigenvalue weighted by molar-refractivity contribution is 0.0434. The van der Waals surface area contributed by atoms with Gasteiger partial charge in [0.15, 0.2) is 23.0 Å². The van der Waals surface area contributed by atoms with Crippen LogP contribution in [0.1, 0.15) is 60.5 Å². The molecule has 0 radical (unpaired) electrons. The Bertz CT molecular complexity index is 1050. The average Bonchev–Trinajstić information content (AvgIpc) is 2.91. The zero-order chi connectivity index (χ0) is 24.5. The molecular weight excluding hydrogens is 440 g/mol. The van der Waals surface area contributed by atoms with Gasteiger partial charge in [-0.3, -0.25) is 4.90 Å². The quantitative estimate of drug-likeness (QED) is 0.606. The number of hydrogen-bond acceptors (Lipinski definition) is 6. The van der Waals surface area contributed by atoms with Crippen molar-refractivity contribution >= 4 is 0 Å². The van der Waals surface area contributed by atoms with Gasteiger partial charge in [0, 0.05) is 25.2 Å². The highest BCUT2D eigenvalue weighted by Crippen LogP contribution is 2.48. The van der Waals surface area contributed by atoms with Crippen LogP contribution in [0.5, 0.6) is 23.0 Å². The van der Waals surface area contributed by atoms with Crippen molar-refractivity contribution in [3.63, 3.8) is 0 Å². The molecule has 2 unspecified atom stereocenters. The molecule has 0 bridgehead atoms. The number of benzene rings is 2. The van der Waals surface area contributed by atoms with Crippen LogP contribution in [0.4, 0.5) is 0 Å². The van der Waals surface area contributed by atoms with Crippen LogP contribution >= 0.6 is 0 Å². The summed E-state index contributed by atoms with van der Waals surface area (Å²) in [5.74, 6) is 4.69. The van der Waals surface area contributed by atoms with Crippen LogP contribution in [0, 0.1) is 11.8 Å². The molecule has 0 aliphatic carbocycles. The first-order valence-corrected chi connectivity index (χ1v) is 13.1. The second-order valence-corrected chi connectivity index (χ2v) is 10.2. The second kappa shape index (κ2) is 10.3. The van der Waals surface area contributed by atoms with Gasteiger partial charge in [-0.2, -0.15) is 0 Å². The molecule has 3 aliphatic rings. The fourth-order valence-corrected chi connectivity index (χ4v) is 6.74. The molecule has 0 aromatic heterocycles. The van der Waals surface area contributed by atoms with Crippen molar-refractivity contribution in [3.05, 3.63) is 46.5 Å². The molecule has 190 valence electrons. The third-order valence-electron chi connectivity index (χ3n) is 8.64. The van der Waals surface area contributed by atoms with E-state index in [4.69, 9.17) is 18.9 Å². The highest BCUT2D eigenvalue weighted by molar-refractivity contribution is 5.50. The van der Waals surface area contributed by atoms with E-state index in [-0.39, 0.29) is 0 Å². The zero-order valence-corrected chi connectivity index (χ0v) is 21.9. The summed E-state index contributed by atoms with van der Waals surface area (Å²) in [7, 11) is 6.90. The fourth-order valence-electron chi connectivity index (χ4n) is 6.74. The van der Waals surface area contributed by atoms with Gasteiger partial charge in [0.05, 0.1) is 28.4 Å². The van der Waals surface area contributed by atoms with Crippen molar-refractivity contribution < 1.29 is 18.9 Å². The van der Waals surface area contributed by atoms with Crippen molar-refractivity contribution in [1.29, 1.82) is 0 Å². The summed E-state index contributed by atoms with van der Waals surface area (Å²) in [6.07, 6.45) is 5.65. The van der Waals surface area contributed by atoms with E-state index in [9.17, 15) is 0 Å². The third-order valence-corrected chi connectivity index (χ3v) is 8.64. The summed E-state index contributed by atoms with van der Waals surface area (Å²) in [6.45, 7) is 5.66. The van der Waals surface area contributed by atoms with Gasteiger partial charge < -0.3 is 24.3 Å². The van der Waals surface area contributed by atoms with Gasteiger partial charge in [0.1, 0.15) is 0 Å². The summed E-state index contributed by atoms with van der Waals surface area (Å²) in [5, 5.41) is 3.83. The lowest BCUT2D eigenvalue weighted by Crippen LogP contribution is -2.46. The highest BCUT2D eigenvalue weighted by atomic mass is 16.5. The molecule has 6 heteroatoms. The number of rotatable bonds is 7. The Morgan fingerprint density at radius 2 is 1.40 bits per heavy atom. The van der Waals surface area contributed by atoms with E-state index in [0.717, 1.165) is 55.4 Å². The van der Waals surface area contributed by atoms with Crippen molar-refractivity contribution in [2.75, 3.05) is 48.1 Å². The van der Waals surface area contributed by atoms with Gasteiger partial charge in [0.25, 0.3) is 0 Å². The zero-order valence-electron chi connectivity index (χ0n) is 21.9. The Labute approximate surface area is 209 Å². The minimum absolute atomic E-state index is 0.345. The van der Waals surface area contributed by atoms with E-state index in [1.54, 1.807) is 28.4 Å². The second-order valence-electron chi connectivity index (χ2n) is 10.2. The number of nitrogens with zero attached hydrogens (tertiary/aromatic N) is 1. The SMILES string of the molecule is CC[C@H]1CN2CCc3cc(OC)c(OC)cc3[C@@H]2CC1CC1NCCc2cc(OC)c(OC)cc21. The van der Waals surface area contributed by atoms with Gasteiger partial charge in [-0.1, -0.05) is 13.3 Å². The van der Waals surface area contributed by atoms with Gasteiger partial charge >= 0.3 is 0 Å². The van der Waals surface area contributed by atoms with Crippen LogP contribution in [0.25, 0.3) is 0 Å². The molecule has 5 rings (SSSR count). The molecule has 0 saturated carbocycles. The number of nitrogens with one attached hydrogen (secondary N) is 1. The number of hydrogen-bond donors (Lipinski definition) is 1. The van der Waals surface area contributed by atoms with E-state index in [0.29, 0.717) is 23.9 Å². The topological polar surface area (TPSA) is 52.2 Å². The fraction of sp³-hybridized carbons (Fsp3) is 0.586. The molecule has 4 atom stereocenters. The molecule has 0 spiro atoms. The Kier molecular flexibility index (Phi) is 7.12. The first-order valence-electron chi connectivity index (χ1n) is 13.1. The maximum Gasteiger partial charge on any atom is 0.161 e. The molecule has 3 aliphatic heterocycles. The largest absolute Gasteiger partial charge is 0.493 e. The van der Waals surface area contributed by atoms with E-state index in [1.807, 2.05) is 0 Å². The molecular formula is C29H40N2O4. The monoisotopic (exact) mass is 480 g/mol. The van der Waals surface area contributed by atoms with Crippen molar-refractivity contribution in [2.24, 2.45) is 11.8 Å². The minimum Gasteiger partial charge on any atom is -0.493 e. The molecule has 1 N–H and O–H groups in total. The number of ether oxygens (including phenoxy) is 4. The molecule has 35 heavy (non-hydrogen) atoms. The predicted octanol–water partition coefficient (Wildman–Crippen LogP) is 4.94. The summed E-state index contributed by atoms with van der Waals surface area (Å²) < 4.78 is 22.5. The lowest BCUT2D eigenvalue weighted by atomic mass is 9.72. The summed E-state index contributed by atoms with van der Waals surface area (Å²) in [4.78, 5) is 2.72. The smallest absolute Gasteiger partial charge is 0.161 e. The van der Waals surface area contributed by atoms with Crippen LogP contribution in [0.15, 0.2) is 24.3 Å². The van der Waals surface area contributed by atoms with Gasteiger partial charge in [-0.25, -0.2) is 0 Å². The van der Waals surface area contributed by atoms with Crippen molar-refractivity contribution in [1.82, 2.24) is 10.2 Å². The molecule has 2 aromatic carbocycles. The van der Waals surface area contributed by atoms with Crippen LogP contribution in [0.3, 0.4) is 0 Å². The standard InChI is InChI=1S/C29H40N2O4/c1-6-18-17-31-10-8-20-14-27(33-3)29(35-5)16-23(20)25(31)12-21(18)11-24-22-15-28(34-4)26(32-2)13-19(22)7-9-30-24/h13-16,18,21,24-25,30H,6-12,17H2,1-5H3/t18-,21?,24?,25-/m0/s1. The molecule has 6 nitrogen and oxygen atoms in total. The Balaban J connectivity index is 1.43. The van der Waals surface area contributed by atoms with Crippen LogP contribution in [-0.4, -0.2) is 53.0 Å². The van der Waals surface area contributed by atoms with E-state index >= 15 is 0 Å². The average molecular weight is 481 g/mol.